The summed E-state index contributed by atoms with van der Waals surface area (Å²) in [7, 11) is 0. The third-order valence-electron chi connectivity index (χ3n) is 3.57. The maximum Gasteiger partial charge on any atom is 0.155 e. The van der Waals surface area contributed by atoms with Gasteiger partial charge in [0, 0.05) is 16.6 Å². The van der Waals surface area contributed by atoms with E-state index in [9.17, 15) is 0 Å². The molecule has 0 spiro atoms. The Morgan fingerprint density at radius 3 is 2.55 bits per heavy atom. The Hall–Kier alpha value is -1.12. The lowest BCUT2D eigenvalue weighted by atomic mass is 9.90. The average Bonchev–Trinajstić information content (AvgIpc) is 2.44. The minimum absolute atomic E-state index is 0.398. The standard InChI is InChI=1S/C16H18Cl2N2/c1-4-10(5-2)14-12-9-11(17)7-8-13(12)20-16(18)15(14)19-6-3/h6-10H,4-5H2,1-3H3. The van der Waals surface area contributed by atoms with Gasteiger partial charge in [-0.1, -0.05) is 37.0 Å². The largest absolute Gasteiger partial charge is 0.258 e. The SMILES string of the molecule is CC=Nc1c(Cl)nc2ccc(Cl)cc2c1C(CC)CC. The minimum Gasteiger partial charge on any atom is -0.258 e. The fraction of sp³-hybridized carbons (Fsp3) is 0.375. The van der Waals surface area contributed by atoms with Crippen molar-refractivity contribution in [3.63, 3.8) is 0 Å². The third-order valence-corrected chi connectivity index (χ3v) is 4.07. The molecule has 0 saturated heterocycles. The van der Waals surface area contributed by atoms with Gasteiger partial charge in [-0.3, -0.25) is 4.99 Å². The summed E-state index contributed by atoms with van der Waals surface area (Å²) in [6.45, 7) is 6.24. The van der Waals surface area contributed by atoms with Gasteiger partial charge in [0.15, 0.2) is 5.15 Å². The van der Waals surface area contributed by atoms with E-state index in [4.69, 9.17) is 23.2 Å². The van der Waals surface area contributed by atoms with Gasteiger partial charge in [-0.2, -0.15) is 0 Å². The smallest absolute Gasteiger partial charge is 0.155 e. The van der Waals surface area contributed by atoms with E-state index in [1.165, 1.54) is 0 Å². The van der Waals surface area contributed by atoms with Crippen LogP contribution in [0.2, 0.25) is 10.2 Å². The van der Waals surface area contributed by atoms with E-state index < -0.39 is 0 Å². The molecule has 1 heterocycles. The van der Waals surface area contributed by atoms with Gasteiger partial charge in [0.1, 0.15) is 5.69 Å². The highest BCUT2D eigenvalue weighted by Crippen LogP contribution is 2.41. The highest BCUT2D eigenvalue weighted by molar-refractivity contribution is 6.33. The molecule has 0 bridgehead atoms. The van der Waals surface area contributed by atoms with Crippen molar-refractivity contribution < 1.29 is 0 Å². The topological polar surface area (TPSA) is 25.2 Å². The first-order valence-corrected chi connectivity index (χ1v) is 7.65. The van der Waals surface area contributed by atoms with Crippen LogP contribution in [0, 0.1) is 0 Å². The Bertz CT molecular complexity index is 646. The number of aromatic nitrogens is 1. The zero-order valence-electron chi connectivity index (χ0n) is 12.0. The predicted molar refractivity (Wildman–Crippen MR) is 88.9 cm³/mol. The van der Waals surface area contributed by atoms with Crippen molar-refractivity contribution in [2.45, 2.75) is 39.5 Å². The molecule has 0 aliphatic carbocycles. The van der Waals surface area contributed by atoms with E-state index in [2.05, 4.69) is 23.8 Å². The molecule has 0 atom stereocenters. The normalized spacial score (nSPS) is 11.9. The Morgan fingerprint density at radius 1 is 1.25 bits per heavy atom. The van der Waals surface area contributed by atoms with Crippen molar-refractivity contribution in [2.24, 2.45) is 4.99 Å². The van der Waals surface area contributed by atoms with E-state index in [1.807, 2.05) is 25.1 Å². The van der Waals surface area contributed by atoms with Crippen LogP contribution in [0.15, 0.2) is 23.2 Å². The predicted octanol–water partition coefficient (Wildman–Crippen LogP) is 6.17. The van der Waals surface area contributed by atoms with Crippen LogP contribution in [0.3, 0.4) is 0 Å². The van der Waals surface area contributed by atoms with Crippen LogP contribution in [-0.2, 0) is 0 Å². The van der Waals surface area contributed by atoms with Gasteiger partial charge in [0.25, 0.3) is 0 Å². The molecule has 0 saturated carbocycles. The van der Waals surface area contributed by atoms with Crippen LogP contribution in [0.25, 0.3) is 10.9 Å². The Morgan fingerprint density at radius 2 is 1.95 bits per heavy atom. The zero-order valence-corrected chi connectivity index (χ0v) is 13.5. The first-order valence-electron chi connectivity index (χ1n) is 6.89. The second-order valence-electron chi connectivity index (χ2n) is 4.73. The number of nitrogens with zero attached hydrogens (tertiary/aromatic N) is 2. The van der Waals surface area contributed by atoms with E-state index >= 15 is 0 Å². The summed E-state index contributed by atoms with van der Waals surface area (Å²) < 4.78 is 0. The van der Waals surface area contributed by atoms with E-state index in [0.717, 1.165) is 35.0 Å². The summed E-state index contributed by atoms with van der Waals surface area (Å²) in [5.41, 5.74) is 2.81. The van der Waals surface area contributed by atoms with Crippen molar-refractivity contribution in [1.82, 2.24) is 4.98 Å². The molecule has 0 aliphatic rings. The molecule has 0 aliphatic heterocycles. The summed E-state index contributed by atoms with van der Waals surface area (Å²) in [6.07, 6.45) is 3.82. The monoisotopic (exact) mass is 308 g/mol. The van der Waals surface area contributed by atoms with Gasteiger partial charge in [-0.15, -0.1) is 0 Å². The van der Waals surface area contributed by atoms with Gasteiger partial charge in [-0.25, -0.2) is 4.98 Å². The summed E-state index contributed by atoms with van der Waals surface area (Å²) in [5.74, 6) is 0.398. The average molecular weight is 309 g/mol. The minimum atomic E-state index is 0.398. The first-order chi connectivity index (χ1) is 9.62. The van der Waals surface area contributed by atoms with Gasteiger partial charge >= 0.3 is 0 Å². The second kappa shape index (κ2) is 6.55. The molecule has 1 aromatic carbocycles. The van der Waals surface area contributed by atoms with E-state index in [0.29, 0.717) is 16.1 Å². The number of fused-ring (bicyclic) bond motifs is 1. The van der Waals surface area contributed by atoms with Crippen LogP contribution >= 0.6 is 23.2 Å². The van der Waals surface area contributed by atoms with Gasteiger partial charge in [0.05, 0.1) is 5.52 Å². The highest BCUT2D eigenvalue weighted by Gasteiger charge is 2.19. The summed E-state index contributed by atoms with van der Waals surface area (Å²) in [6, 6.07) is 5.71. The quantitative estimate of drug-likeness (QED) is 0.490. The lowest BCUT2D eigenvalue weighted by Crippen LogP contribution is -2.00. The molecule has 4 heteroatoms. The van der Waals surface area contributed by atoms with E-state index in [1.54, 1.807) is 6.21 Å². The van der Waals surface area contributed by atoms with Crippen LogP contribution in [0.5, 0.6) is 0 Å². The lowest BCUT2D eigenvalue weighted by Gasteiger charge is -2.19. The van der Waals surface area contributed by atoms with Crippen LogP contribution in [-0.4, -0.2) is 11.2 Å². The van der Waals surface area contributed by atoms with Crippen LogP contribution in [0.4, 0.5) is 5.69 Å². The molecule has 0 N–H and O–H groups in total. The zero-order chi connectivity index (χ0) is 14.7. The summed E-state index contributed by atoms with van der Waals surface area (Å²) in [4.78, 5) is 8.88. The Labute approximate surface area is 129 Å². The molecule has 1 aromatic heterocycles. The molecular formula is C16H18Cl2N2. The Balaban J connectivity index is 2.87. The molecule has 0 radical (unpaired) electrons. The fourth-order valence-electron chi connectivity index (χ4n) is 2.58. The molecule has 0 unspecified atom stereocenters. The number of hydrogen-bond donors (Lipinski definition) is 0. The number of benzene rings is 1. The summed E-state index contributed by atoms with van der Waals surface area (Å²) in [5, 5.41) is 2.22. The number of rotatable bonds is 4. The van der Waals surface area contributed by atoms with E-state index in [-0.39, 0.29) is 0 Å². The van der Waals surface area contributed by atoms with Gasteiger partial charge in [0.2, 0.25) is 0 Å². The highest BCUT2D eigenvalue weighted by atomic mass is 35.5. The summed E-state index contributed by atoms with van der Waals surface area (Å²) >= 11 is 12.5. The van der Waals surface area contributed by atoms with Crippen molar-refractivity contribution >= 4 is 46.0 Å². The number of hydrogen-bond acceptors (Lipinski definition) is 2. The first kappa shape index (κ1) is 15.3. The molecular weight excluding hydrogens is 291 g/mol. The molecule has 2 aromatic rings. The van der Waals surface area contributed by atoms with Crippen molar-refractivity contribution in [3.8, 4) is 0 Å². The van der Waals surface area contributed by atoms with Gasteiger partial charge in [-0.05, 0) is 49.4 Å². The molecule has 2 nitrogen and oxygen atoms in total. The Kier molecular flexibility index (Phi) is 5.00. The maximum atomic E-state index is 6.33. The second-order valence-corrected chi connectivity index (χ2v) is 5.52. The van der Waals surface area contributed by atoms with Gasteiger partial charge < -0.3 is 0 Å². The lowest BCUT2D eigenvalue weighted by molar-refractivity contribution is 0.647. The maximum absolute atomic E-state index is 6.33. The van der Waals surface area contributed by atoms with Crippen molar-refractivity contribution in [1.29, 1.82) is 0 Å². The molecule has 0 fully saturated rings. The van der Waals surface area contributed by atoms with Crippen LogP contribution in [0.1, 0.15) is 45.1 Å². The van der Waals surface area contributed by atoms with Crippen molar-refractivity contribution in [3.05, 3.63) is 33.9 Å². The fourth-order valence-corrected chi connectivity index (χ4v) is 2.99. The van der Waals surface area contributed by atoms with Crippen LogP contribution < -0.4 is 0 Å². The number of pyridine rings is 1. The third kappa shape index (κ3) is 2.82. The molecule has 0 amide bonds. The number of aliphatic imine (C=N–C) groups is 1. The molecule has 2 rings (SSSR count). The molecule has 20 heavy (non-hydrogen) atoms. The molecule has 106 valence electrons. The number of halogens is 2. The van der Waals surface area contributed by atoms with Crippen molar-refractivity contribution in [2.75, 3.05) is 0 Å².